The second kappa shape index (κ2) is 12.3. The van der Waals surface area contributed by atoms with E-state index in [0.717, 1.165) is 30.5 Å². The summed E-state index contributed by atoms with van der Waals surface area (Å²) < 4.78 is 0. The van der Waals surface area contributed by atoms with Gasteiger partial charge >= 0.3 is 0 Å². The van der Waals surface area contributed by atoms with Crippen LogP contribution in [0.5, 0.6) is 0 Å². The van der Waals surface area contributed by atoms with E-state index >= 15 is 0 Å². The number of benzene rings is 2. The summed E-state index contributed by atoms with van der Waals surface area (Å²) in [5.41, 5.74) is 5.19. The molecule has 0 aliphatic rings. The van der Waals surface area contributed by atoms with Gasteiger partial charge in [-0.05, 0) is 36.5 Å². The predicted molar refractivity (Wildman–Crippen MR) is 123 cm³/mol. The molecule has 0 bridgehead atoms. The van der Waals surface area contributed by atoms with Crippen LogP contribution in [0.4, 0.5) is 0 Å². The van der Waals surface area contributed by atoms with Gasteiger partial charge in [-0.15, -0.1) is 0 Å². The molecule has 0 saturated heterocycles. The Bertz CT molecular complexity index is 903. The largest absolute Gasteiger partial charge is 0.379 e. The second-order valence-electron chi connectivity index (χ2n) is 7.45. The van der Waals surface area contributed by atoms with E-state index in [9.17, 15) is 4.79 Å². The molecule has 0 radical (unpaired) electrons. The molecule has 1 amide bonds. The van der Waals surface area contributed by atoms with Crippen molar-refractivity contribution in [2.24, 2.45) is 0 Å². The van der Waals surface area contributed by atoms with Crippen LogP contribution in [-0.2, 0) is 24.2 Å². The van der Waals surface area contributed by atoms with Gasteiger partial charge in [0.25, 0.3) is 5.91 Å². The SMILES string of the molecule is CC/C=C/C(=C\N(C)CCc1ccc(CC#N)cc1)C(=O)NCc1ccc(C)cc1. The van der Waals surface area contributed by atoms with E-state index < -0.39 is 0 Å². The number of nitrogens with one attached hydrogen (secondary N) is 1. The van der Waals surface area contributed by atoms with Crippen LogP contribution in [0, 0.1) is 18.3 Å². The molecular formula is C26H31N3O. The molecule has 4 nitrogen and oxygen atoms in total. The van der Waals surface area contributed by atoms with Crippen molar-refractivity contribution in [3.63, 3.8) is 0 Å². The first kappa shape index (κ1) is 23.0. The molecule has 0 fully saturated rings. The van der Waals surface area contributed by atoms with Crippen LogP contribution in [0.15, 0.2) is 72.5 Å². The third kappa shape index (κ3) is 7.97. The number of nitriles is 1. The number of hydrogen-bond donors (Lipinski definition) is 1. The van der Waals surface area contributed by atoms with E-state index in [1.165, 1.54) is 11.1 Å². The van der Waals surface area contributed by atoms with Crippen molar-refractivity contribution in [2.45, 2.75) is 39.7 Å². The third-order valence-electron chi connectivity index (χ3n) is 4.79. The molecule has 156 valence electrons. The minimum atomic E-state index is -0.0759. The molecule has 2 aromatic carbocycles. The van der Waals surface area contributed by atoms with Gasteiger partial charge in [0.05, 0.1) is 18.1 Å². The maximum atomic E-state index is 12.7. The molecule has 4 heteroatoms. The Morgan fingerprint density at radius 3 is 2.33 bits per heavy atom. The monoisotopic (exact) mass is 401 g/mol. The van der Waals surface area contributed by atoms with Gasteiger partial charge in [0.15, 0.2) is 0 Å². The maximum absolute atomic E-state index is 12.7. The van der Waals surface area contributed by atoms with Crippen molar-refractivity contribution >= 4 is 5.91 Å². The van der Waals surface area contributed by atoms with Gasteiger partial charge in [-0.25, -0.2) is 0 Å². The Balaban J connectivity index is 1.96. The fourth-order valence-corrected chi connectivity index (χ4v) is 2.94. The molecule has 2 rings (SSSR count). The summed E-state index contributed by atoms with van der Waals surface area (Å²) in [5.74, 6) is -0.0759. The van der Waals surface area contributed by atoms with Crippen LogP contribution in [0.1, 0.15) is 35.6 Å². The lowest BCUT2D eigenvalue weighted by atomic mass is 10.1. The van der Waals surface area contributed by atoms with Crippen molar-refractivity contribution in [1.82, 2.24) is 10.2 Å². The van der Waals surface area contributed by atoms with Crippen molar-refractivity contribution in [3.8, 4) is 6.07 Å². The van der Waals surface area contributed by atoms with Gasteiger partial charge in [-0.3, -0.25) is 4.79 Å². The van der Waals surface area contributed by atoms with Gasteiger partial charge in [0, 0.05) is 26.3 Å². The van der Waals surface area contributed by atoms with Crippen molar-refractivity contribution in [1.29, 1.82) is 5.26 Å². The number of rotatable bonds is 10. The highest BCUT2D eigenvalue weighted by atomic mass is 16.1. The Kier molecular flexibility index (Phi) is 9.40. The summed E-state index contributed by atoms with van der Waals surface area (Å²) in [6, 6.07) is 18.5. The maximum Gasteiger partial charge on any atom is 0.253 e. The van der Waals surface area contributed by atoms with Crippen LogP contribution >= 0.6 is 0 Å². The Labute approximate surface area is 180 Å². The quantitative estimate of drug-likeness (QED) is 0.464. The minimum Gasteiger partial charge on any atom is -0.379 e. The average molecular weight is 402 g/mol. The smallest absolute Gasteiger partial charge is 0.253 e. The molecule has 0 aliphatic carbocycles. The molecule has 0 spiro atoms. The zero-order valence-electron chi connectivity index (χ0n) is 18.2. The number of aryl methyl sites for hydroxylation is 1. The average Bonchev–Trinajstić information content (AvgIpc) is 2.75. The van der Waals surface area contributed by atoms with E-state index in [-0.39, 0.29) is 5.91 Å². The van der Waals surface area contributed by atoms with Crippen LogP contribution in [-0.4, -0.2) is 24.4 Å². The molecule has 0 saturated carbocycles. The van der Waals surface area contributed by atoms with Gasteiger partial charge < -0.3 is 10.2 Å². The lowest BCUT2D eigenvalue weighted by molar-refractivity contribution is -0.117. The number of likely N-dealkylation sites (N-methyl/N-ethyl adjacent to an activating group) is 1. The van der Waals surface area contributed by atoms with Gasteiger partial charge in [0.1, 0.15) is 0 Å². The first-order valence-corrected chi connectivity index (χ1v) is 10.4. The highest BCUT2D eigenvalue weighted by Gasteiger charge is 2.08. The summed E-state index contributed by atoms with van der Waals surface area (Å²) in [4.78, 5) is 14.8. The number of nitrogens with zero attached hydrogens (tertiary/aromatic N) is 2. The summed E-state index contributed by atoms with van der Waals surface area (Å²) in [5, 5.41) is 11.8. The number of carbonyl (C=O) groups excluding carboxylic acids is 1. The number of amides is 1. The van der Waals surface area contributed by atoms with Gasteiger partial charge in [-0.1, -0.05) is 73.2 Å². The van der Waals surface area contributed by atoms with Crippen molar-refractivity contribution in [2.75, 3.05) is 13.6 Å². The normalized spacial score (nSPS) is 11.3. The number of allylic oxidation sites excluding steroid dienone is 1. The summed E-state index contributed by atoms with van der Waals surface area (Å²) in [6.45, 7) is 5.41. The fraction of sp³-hybridized carbons (Fsp3) is 0.308. The first-order chi connectivity index (χ1) is 14.5. The van der Waals surface area contributed by atoms with E-state index in [4.69, 9.17) is 5.26 Å². The van der Waals surface area contributed by atoms with Crippen LogP contribution in [0.3, 0.4) is 0 Å². The second-order valence-corrected chi connectivity index (χ2v) is 7.45. The van der Waals surface area contributed by atoms with Crippen molar-refractivity contribution < 1.29 is 4.79 Å². The summed E-state index contributed by atoms with van der Waals surface area (Å²) >= 11 is 0. The number of carbonyl (C=O) groups is 1. The number of hydrogen-bond acceptors (Lipinski definition) is 3. The third-order valence-corrected chi connectivity index (χ3v) is 4.79. The molecule has 0 aliphatic heterocycles. The highest BCUT2D eigenvalue weighted by Crippen LogP contribution is 2.08. The molecule has 0 atom stereocenters. The highest BCUT2D eigenvalue weighted by molar-refractivity contribution is 5.96. The van der Waals surface area contributed by atoms with Crippen LogP contribution in [0.25, 0.3) is 0 Å². The summed E-state index contributed by atoms with van der Waals surface area (Å²) in [6.07, 6.45) is 7.97. The van der Waals surface area contributed by atoms with E-state index in [2.05, 4.69) is 49.5 Å². The van der Waals surface area contributed by atoms with E-state index in [1.807, 2.05) is 54.6 Å². The predicted octanol–water partition coefficient (Wildman–Crippen LogP) is 4.70. The Morgan fingerprint density at radius 1 is 1.07 bits per heavy atom. The lowest BCUT2D eigenvalue weighted by Crippen LogP contribution is -2.26. The zero-order valence-corrected chi connectivity index (χ0v) is 18.2. The molecule has 2 aromatic rings. The molecule has 1 N–H and O–H groups in total. The molecule has 30 heavy (non-hydrogen) atoms. The molecule has 0 heterocycles. The molecule has 0 aromatic heterocycles. The van der Waals surface area contributed by atoms with Crippen LogP contribution in [0.2, 0.25) is 0 Å². The van der Waals surface area contributed by atoms with E-state index in [1.54, 1.807) is 0 Å². The van der Waals surface area contributed by atoms with Gasteiger partial charge in [-0.2, -0.15) is 5.26 Å². The van der Waals surface area contributed by atoms with Crippen LogP contribution < -0.4 is 5.32 Å². The molecular weight excluding hydrogens is 370 g/mol. The first-order valence-electron chi connectivity index (χ1n) is 10.4. The topological polar surface area (TPSA) is 56.1 Å². The Hall–Kier alpha value is -3.32. The van der Waals surface area contributed by atoms with Gasteiger partial charge in [0.2, 0.25) is 0 Å². The van der Waals surface area contributed by atoms with Crippen molar-refractivity contribution in [3.05, 3.63) is 94.7 Å². The van der Waals surface area contributed by atoms with E-state index in [0.29, 0.717) is 18.5 Å². The fourth-order valence-electron chi connectivity index (χ4n) is 2.94. The Morgan fingerprint density at radius 2 is 1.70 bits per heavy atom. The zero-order chi connectivity index (χ0) is 21.8. The summed E-state index contributed by atoms with van der Waals surface area (Å²) in [7, 11) is 1.98. The standard InChI is InChI=1S/C26H31N3O/c1-4-5-6-25(26(30)28-19-24-9-7-21(2)8-10-24)20-29(3)18-16-23-13-11-22(12-14-23)15-17-27/h5-14,20H,4,15-16,18-19H2,1-3H3,(H,28,30)/b6-5+,25-20+. The molecule has 0 unspecified atom stereocenters. The lowest BCUT2D eigenvalue weighted by Gasteiger charge is -2.16. The minimum absolute atomic E-state index is 0.0759.